The molecule has 0 aromatic rings. The molecule has 0 rings (SSSR count). The van der Waals surface area contributed by atoms with Crippen molar-refractivity contribution in [3.05, 3.63) is 0 Å². The summed E-state index contributed by atoms with van der Waals surface area (Å²) in [6.45, 7) is 6.45. The van der Waals surface area contributed by atoms with Crippen LogP contribution in [0.5, 0.6) is 0 Å². The Balaban J connectivity index is 4.94. The van der Waals surface area contributed by atoms with Gasteiger partial charge in [0.2, 0.25) is 0 Å². The van der Waals surface area contributed by atoms with E-state index in [9.17, 15) is 14.4 Å². The van der Waals surface area contributed by atoms with E-state index in [-0.39, 0.29) is 13.2 Å². The molecule has 1 unspecified atom stereocenters. The first-order valence-corrected chi connectivity index (χ1v) is 13.9. The van der Waals surface area contributed by atoms with E-state index in [0.29, 0.717) is 32.6 Å². The van der Waals surface area contributed by atoms with Crippen molar-refractivity contribution in [2.24, 2.45) is 5.73 Å². The number of quaternary nitrogens is 2. The molecule has 0 aliphatic carbocycles. The molecule has 0 spiro atoms. The number of nitrogens with zero attached hydrogens (tertiary/aromatic N) is 1. The Bertz CT molecular complexity index is 1440. The van der Waals surface area contributed by atoms with Gasteiger partial charge in [-0.15, -0.1) is 0 Å². The molecular weight excluding hydrogens is 560 g/mol. The van der Waals surface area contributed by atoms with E-state index in [1.807, 2.05) is 0 Å². The molecule has 228 valence electrons. The Morgan fingerprint density at radius 2 is 1.27 bits per heavy atom. The number of rotatable bonds is 16. The standard InChI is InChI=1S/C34H36N4O6/c1-3-4-5-6-7-8-9-10-11-12-13-14-15-16-17-22-33(40)43-30-32(29-42-31(2)39)44-34(41)38(28-21-24-36)27-19-18-25-37-26-20-23-35/h32,37H,18-21,23-30,35-36H2,1-2H3/p+2. The molecule has 0 bridgehead atoms. The smallest absolute Gasteiger partial charge is 0.410 e. The van der Waals surface area contributed by atoms with Gasteiger partial charge in [-0.2, -0.15) is 0 Å². The van der Waals surface area contributed by atoms with E-state index in [2.05, 4.69) is 106 Å². The number of amides is 1. The van der Waals surface area contributed by atoms with Crippen molar-refractivity contribution >= 4 is 18.0 Å². The lowest BCUT2D eigenvalue weighted by molar-refractivity contribution is -0.655. The van der Waals surface area contributed by atoms with Crippen molar-refractivity contribution in [3.63, 3.8) is 0 Å². The average Bonchev–Trinajstić information content (AvgIpc) is 3.01. The monoisotopic (exact) mass is 598 g/mol. The largest absolute Gasteiger partial charge is 0.462 e. The highest BCUT2D eigenvalue weighted by molar-refractivity contribution is 5.89. The fourth-order valence-corrected chi connectivity index (χ4v) is 2.86. The van der Waals surface area contributed by atoms with Gasteiger partial charge >= 0.3 is 18.0 Å². The summed E-state index contributed by atoms with van der Waals surface area (Å²) < 4.78 is 15.6. The summed E-state index contributed by atoms with van der Waals surface area (Å²) in [5.74, 6) is 37.8. The van der Waals surface area contributed by atoms with Crippen LogP contribution in [0.15, 0.2) is 0 Å². The molecule has 0 saturated heterocycles. The molecule has 0 aromatic carbocycles. The van der Waals surface area contributed by atoms with Gasteiger partial charge in [0.05, 0.1) is 19.6 Å². The van der Waals surface area contributed by atoms with E-state index >= 15 is 0 Å². The predicted octanol–water partition coefficient (Wildman–Crippen LogP) is -1.73. The maximum Gasteiger partial charge on any atom is 0.410 e. The first-order chi connectivity index (χ1) is 21.4. The van der Waals surface area contributed by atoms with Gasteiger partial charge in [0, 0.05) is 38.8 Å². The Kier molecular flexibility index (Phi) is 25.5. The molecule has 1 amide bonds. The molecule has 10 heteroatoms. The fourth-order valence-electron chi connectivity index (χ4n) is 2.86. The minimum absolute atomic E-state index is 0.281. The van der Waals surface area contributed by atoms with Gasteiger partial charge in [0.15, 0.2) is 6.10 Å². The quantitative estimate of drug-likeness (QED) is 0.0628. The molecule has 0 fully saturated rings. The topological polar surface area (TPSA) is 152 Å². The summed E-state index contributed by atoms with van der Waals surface area (Å²) in [6, 6.07) is 0. The van der Waals surface area contributed by atoms with Crippen LogP contribution in [-0.2, 0) is 23.8 Å². The number of nitrogens with two attached hydrogens (primary N) is 2. The van der Waals surface area contributed by atoms with Crippen molar-refractivity contribution in [1.29, 1.82) is 0 Å². The van der Waals surface area contributed by atoms with Crippen LogP contribution in [0.3, 0.4) is 0 Å². The van der Waals surface area contributed by atoms with Gasteiger partial charge in [-0.1, -0.05) is 5.92 Å². The summed E-state index contributed by atoms with van der Waals surface area (Å²) in [5, 5.41) is 2.20. The molecule has 0 aliphatic heterocycles. The van der Waals surface area contributed by atoms with Gasteiger partial charge < -0.3 is 35.9 Å². The molecule has 0 heterocycles. The normalized spacial score (nSPS) is 8.82. The first kappa shape index (κ1) is 38.6. The number of hydrogen-bond donors (Lipinski definition) is 3. The summed E-state index contributed by atoms with van der Waals surface area (Å²) >= 11 is 0. The highest BCUT2D eigenvalue weighted by atomic mass is 16.6. The van der Waals surface area contributed by atoms with Crippen molar-refractivity contribution in [2.75, 3.05) is 52.5 Å². The second-order valence-corrected chi connectivity index (χ2v) is 8.44. The lowest BCUT2D eigenvalue weighted by atomic mass is 10.2. The third kappa shape index (κ3) is 25.5. The molecule has 0 aromatic heterocycles. The third-order valence-corrected chi connectivity index (χ3v) is 4.88. The molecule has 7 N–H and O–H groups in total. The second-order valence-electron chi connectivity index (χ2n) is 8.44. The zero-order valence-electron chi connectivity index (χ0n) is 25.3. The number of ether oxygens (including phenoxy) is 3. The summed E-state index contributed by atoms with van der Waals surface area (Å²) in [4.78, 5) is 37.8. The van der Waals surface area contributed by atoms with Gasteiger partial charge in [-0.3, -0.25) is 4.79 Å². The van der Waals surface area contributed by atoms with Crippen molar-refractivity contribution in [3.8, 4) is 94.7 Å². The maximum absolute atomic E-state index is 12.9. The summed E-state index contributed by atoms with van der Waals surface area (Å²) in [6.07, 6.45) is 1.76. The minimum atomic E-state index is -1.02. The van der Waals surface area contributed by atoms with E-state index in [1.165, 1.54) is 6.92 Å². The van der Waals surface area contributed by atoms with Crippen LogP contribution in [-0.4, -0.2) is 81.5 Å². The van der Waals surface area contributed by atoms with Gasteiger partial charge in [0.25, 0.3) is 0 Å². The maximum atomic E-state index is 12.9. The van der Waals surface area contributed by atoms with E-state index in [0.717, 1.165) is 32.4 Å². The molecule has 0 radical (unpaired) electrons. The van der Waals surface area contributed by atoms with Crippen LogP contribution >= 0.6 is 0 Å². The SMILES string of the molecule is CC#CC#CC#CC#CC#CC#CC#CC#CC(=O)OCC(COC(C)=O)OC(=O)N(CCC[NH3+])CCCC[NH2+]CCCN. The number of carbonyl (C=O) groups is 3. The van der Waals surface area contributed by atoms with E-state index in [4.69, 9.17) is 19.9 Å². The minimum Gasteiger partial charge on any atom is -0.462 e. The van der Waals surface area contributed by atoms with Crippen LogP contribution in [0.2, 0.25) is 0 Å². The molecule has 44 heavy (non-hydrogen) atoms. The molecule has 10 nitrogen and oxygen atoms in total. The lowest BCUT2D eigenvalue weighted by Gasteiger charge is -2.25. The highest BCUT2D eigenvalue weighted by Crippen LogP contribution is 2.05. The zero-order chi connectivity index (χ0) is 32.5. The van der Waals surface area contributed by atoms with Crippen LogP contribution in [0.1, 0.15) is 39.5 Å². The molecular formula is C34H38N4O6+2. The zero-order valence-corrected chi connectivity index (χ0v) is 25.3. The number of hydrogen-bond acceptors (Lipinski definition) is 7. The van der Waals surface area contributed by atoms with Crippen LogP contribution in [0.4, 0.5) is 4.79 Å². The predicted molar refractivity (Wildman–Crippen MR) is 164 cm³/mol. The molecule has 0 aliphatic rings. The molecule has 0 saturated carbocycles. The van der Waals surface area contributed by atoms with Crippen molar-refractivity contribution < 1.29 is 39.6 Å². The third-order valence-electron chi connectivity index (χ3n) is 4.88. The molecule has 1 atom stereocenters. The van der Waals surface area contributed by atoms with Crippen LogP contribution in [0.25, 0.3) is 0 Å². The first-order valence-electron chi connectivity index (χ1n) is 13.9. The fraction of sp³-hybridized carbons (Fsp3) is 0.441. The van der Waals surface area contributed by atoms with Gasteiger partial charge in [0.1, 0.15) is 13.2 Å². The number of carbonyl (C=O) groups excluding carboxylic acids is 3. The van der Waals surface area contributed by atoms with Crippen molar-refractivity contribution in [2.45, 2.75) is 45.6 Å². The Morgan fingerprint density at radius 1 is 0.750 bits per heavy atom. The summed E-state index contributed by atoms with van der Waals surface area (Å²) in [7, 11) is 0. The Morgan fingerprint density at radius 3 is 1.82 bits per heavy atom. The van der Waals surface area contributed by atoms with Gasteiger partial charge in [-0.25, -0.2) is 9.59 Å². The van der Waals surface area contributed by atoms with Crippen LogP contribution in [0, 0.1) is 94.7 Å². The Labute approximate surface area is 261 Å². The highest BCUT2D eigenvalue weighted by Gasteiger charge is 2.22. The van der Waals surface area contributed by atoms with Crippen LogP contribution < -0.4 is 16.8 Å². The second kappa shape index (κ2) is 29.1. The van der Waals surface area contributed by atoms with Crippen molar-refractivity contribution in [1.82, 2.24) is 4.90 Å². The number of unbranched alkanes of at least 4 members (excludes halogenated alkanes) is 1. The lowest BCUT2D eigenvalue weighted by Crippen LogP contribution is -2.84. The Hall–Kier alpha value is -5.43. The number of esters is 2. The van der Waals surface area contributed by atoms with Gasteiger partial charge in [-0.05, 0) is 109 Å². The van der Waals surface area contributed by atoms with E-state index in [1.54, 1.807) is 11.8 Å². The summed E-state index contributed by atoms with van der Waals surface area (Å²) in [5.41, 5.74) is 9.33. The average molecular weight is 599 g/mol. The van der Waals surface area contributed by atoms with E-state index < -0.39 is 24.1 Å².